The average molecular weight is 468 g/mol. The van der Waals surface area contributed by atoms with Gasteiger partial charge < -0.3 is 16.1 Å². The molecule has 0 spiro atoms. The fourth-order valence-electron chi connectivity index (χ4n) is 4.73. The van der Waals surface area contributed by atoms with E-state index in [1.54, 1.807) is 0 Å². The first kappa shape index (κ1) is 21.2. The summed E-state index contributed by atoms with van der Waals surface area (Å²) >= 11 is 0. The maximum absolute atomic E-state index is 14.5. The van der Waals surface area contributed by atoms with Crippen molar-refractivity contribution >= 4 is 17.5 Å². The minimum Gasteiger partial charge on any atom is -0.323 e. The largest absolute Gasteiger partial charge is 0.323 e. The zero-order valence-corrected chi connectivity index (χ0v) is 18.6. The number of benzene rings is 1. The number of hydrogen-bond donors (Lipinski definition) is 5. The van der Waals surface area contributed by atoms with Gasteiger partial charge in [0.15, 0.2) is 11.7 Å². The molecule has 6 N–H and O–H groups in total. The SMILES string of the molecule is NC1(Cc2ccc(F)cc2F)N=C(Nc2cc(C3CC3)[nH]n2)C2=CNN(C3CCNCC3)C2=N1. The fraction of sp³-hybridized carbons (Fsp3) is 0.435. The summed E-state index contributed by atoms with van der Waals surface area (Å²) in [6.45, 7) is 1.83. The van der Waals surface area contributed by atoms with E-state index in [0.29, 0.717) is 23.4 Å². The first-order chi connectivity index (χ1) is 16.5. The Kier molecular flexibility index (Phi) is 5.10. The highest BCUT2D eigenvalue weighted by molar-refractivity contribution is 6.28. The Balaban J connectivity index is 1.34. The number of nitrogens with two attached hydrogens (primary N) is 1. The molecule has 0 bridgehead atoms. The van der Waals surface area contributed by atoms with Gasteiger partial charge in [-0.1, -0.05) is 6.07 Å². The van der Waals surface area contributed by atoms with Crippen LogP contribution in [0, 0.1) is 11.6 Å². The fourth-order valence-corrected chi connectivity index (χ4v) is 4.73. The Bertz CT molecular complexity index is 1190. The van der Waals surface area contributed by atoms with E-state index >= 15 is 0 Å². The van der Waals surface area contributed by atoms with Gasteiger partial charge in [0.2, 0.25) is 5.79 Å². The first-order valence-corrected chi connectivity index (χ1v) is 11.7. The summed E-state index contributed by atoms with van der Waals surface area (Å²) in [7, 11) is 0. The van der Waals surface area contributed by atoms with Crippen LogP contribution in [-0.4, -0.2) is 51.8 Å². The molecule has 1 aromatic carbocycles. The maximum Gasteiger partial charge on any atom is 0.210 e. The molecule has 2 fully saturated rings. The second kappa shape index (κ2) is 8.17. The molecule has 9 nitrogen and oxygen atoms in total. The van der Waals surface area contributed by atoms with Crippen molar-refractivity contribution < 1.29 is 8.78 Å². The Hall–Kier alpha value is -3.31. The number of piperidine rings is 1. The molecule has 1 unspecified atom stereocenters. The highest BCUT2D eigenvalue weighted by Gasteiger charge is 2.40. The molecule has 6 rings (SSSR count). The van der Waals surface area contributed by atoms with E-state index in [4.69, 9.17) is 15.7 Å². The van der Waals surface area contributed by atoms with Crippen molar-refractivity contribution in [3.63, 3.8) is 0 Å². The third-order valence-electron chi connectivity index (χ3n) is 6.68. The van der Waals surface area contributed by atoms with E-state index in [1.165, 1.54) is 12.1 Å². The van der Waals surface area contributed by atoms with E-state index in [0.717, 1.165) is 56.1 Å². The molecule has 11 heteroatoms. The number of anilines is 1. The minimum atomic E-state index is -1.47. The topological polar surface area (TPSA) is 119 Å². The number of nitrogens with one attached hydrogen (secondary N) is 4. The van der Waals surface area contributed by atoms with E-state index < -0.39 is 17.4 Å². The first-order valence-electron chi connectivity index (χ1n) is 11.7. The van der Waals surface area contributed by atoms with Gasteiger partial charge >= 0.3 is 0 Å². The summed E-state index contributed by atoms with van der Waals surface area (Å²) in [6.07, 6.45) is 6.06. The zero-order chi connectivity index (χ0) is 23.3. The second-order valence-electron chi connectivity index (χ2n) is 9.33. The maximum atomic E-state index is 14.5. The predicted molar refractivity (Wildman–Crippen MR) is 125 cm³/mol. The molecule has 1 aliphatic carbocycles. The lowest BCUT2D eigenvalue weighted by atomic mass is 10.0. The Morgan fingerprint density at radius 3 is 2.71 bits per heavy atom. The summed E-state index contributed by atoms with van der Waals surface area (Å²) in [5.41, 5.74) is 12.1. The number of aliphatic imine (C=N–C) groups is 2. The standard InChI is InChI=1S/C23H27F2N9/c24-15-4-3-14(18(25)9-15)11-23(26)30-21(29-20-10-19(32-33-20)13-1-2-13)17-12-28-34(22(17)31-23)16-5-7-27-8-6-16/h3-4,9-10,12-13,16,27-28H,1-2,5-8,11,26H2,(H2,29,30,32,33). The molecule has 4 aliphatic rings. The van der Waals surface area contributed by atoms with Crippen LogP contribution < -0.4 is 21.8 Å². The van der Waals surface area contributed by atoms with Crippen LogP contribution in [0.1, 0.15) is 42.9 Å². The number of rotatable bonds is 5. The lowest BCUT2D eigenvalue weighted by Crippen LogP contribution is -2.53. The molecular formula is C23H27F2N9. The summed E-state index contributed by atoms with van der Waals surface area (Å²) in [6, 6.07) is 5.67. The van der Waals surface area contributed by atoms with Crippen molar-refractivity contribution in [2.24, 2.45) is 15.7 Å². The molecule has 0 amide bonds. The normalized spacial score (nSPS) is 24.8. The van der Waals surface area contributed by atoms with E-state index in [-0.39, 0.29) is 18.0 Å². The molecule has 34 heavy (non-hydrogen) atoms. The van der Waals surface area contributed by atoms with Gasteiger partial charge in [-0.25, -0.2) is 18.8 Å². The predicted octanol–water partition coefficient (Wildman–Crippen LogP) is 2.10. The number of halogens is 2. The van der Waals surface area contributed by atoms with Crippen LogP contribution in [0.5, 0.6) is 0 Å². The van der Waals surface area contributed by atoms with Gasteiger partial charge in [-0.2, -0.15) is 5.10 Å². The van der Waals surface area contributed by atoms with Crippen molar-refractivity contribution in [2.75, 3.05) is 18.4 Å². The van der Waals surface area contributed by atoms with Gasteiger partial charge in [0.1, 0.15) is 17.5 Å². The monoisotopic (exact) mass is 467 g/mol. The third kappa shape index (κ3) is 4.05. The molecule has 2 aromatic rings. The molecule has 4 heterocycles. The highest BCUT2D eigenvalue weighted by atomic mass is 19.1. The van der Waals surface area contributed by atoms with E-state index in [2.05, 4.69) is 26.3 Å². The van der Waals surface area contributed by atoms with E-state index in [1.807, 2.05) is 17.3 Å². The van der Waals surface area contributed by atoms with Crippen LogP contribution in [0.3, 0.4) is 0 Å². The number of hydrogen-bond acceptors (Lipinski definition) is 8. The molecule has 1 saturated heterocycles. The quantitative estimate of drug-likeness (QED) is 0.460. The van der Waals surface area contributed by atoms with Crippen molar-refractivity contribution in [2.45, 2.75) is 49.9 Å². The van der Waals surface area contributed by atoms with Crippen LogP contribution in [0.15, 0.2) is 46.0 Å². The van der Waals surface area contributed by atoms with Gasteiger partial charge in [0.25, 0.3) is 0 Å². The number of hydrazine groups is 1. The van der Waals surface area contributed by atoms with Crippen LogP contribution in [0.4, 0.5) is 14.6 Å². The number of nitrogens with zero attached hydrogens (tertiary/aromatic N) is 4. The van der Waals surface area contributed by atoms with Crippen molar-refractivity contribution in [1.29, 1.82) is 0 Å². The lowest BCUT2D eigenvalue weighted by molar-refractivity contribution is 0.220. The van der Waals surface area contributed by atoms with Crippen molar-refractivity contribution in [3.05, 3.63) is 58.9 Å². The van der Waals surface area contributed by atoms with E-state index in [9.17, 15) is 8.78 Å². The van der Waals surface area contributed by atoms with Crippen LogP contribution in [0.2, 0.25) is 0 Å². The summed E-state index contributed by atoms with van der Waals surface area (Å²) in [4.78, 5) is 9.47. The molecule has 3 aliphatic heterocycles. The zero-order valence-electron chi connectivity index (χ0n) is 18.6. The van der Waals surface area contributed by atoms with Gasteiger partial charge in [0.05, 0.1) is 11.6 Å². The molecule has 1 aromatic heterocycles. The Labute approximate surface area is 195 Å². The number of aromatic amines is 1. The third-order valence-corrected chi connectivity index (χ3v) is 6.68. The van der Waals surface area contributed by atoms with Gasteiger partial charge in [-0.3, -0.25) is 15.8 Å². The molecule has 178 valence electrons. The average Bonchev–Trinajstić information content (AvgIpc) is 3.42. The van der Waals surface area contributed by atoms with Gasteiger partial charge in [0, 0.05) is 36.4 Å². The summed E-state index contributed by atoms with van der Waals surface area (Å²) in [5, 5.41) is 16.1. The smallest absolute Gasteiger partial charge is 0.210 e. The van der Waals surface area contributed by atoms with Crippen LogP contribution in [0.25, 0.3) is 0 Å². The summed E-state index contributed by atoms with van der Waals surface area (Å²) in [5.74, 6) is -0.442. The molecule has 0 radical (unpaired) electrons. The highest BCUT2D eigenvalue weighted by Crippen LogP contribution is 2.39. The lowest BCUT2D eigenvalue weighted by Gasteiger charge is -2.36. The van der Waals surface area contributed by atoms with Crippen LogP contribution in [-0.2, 0) is 6.42 Å². The Morgan fingerprint density at radius 1 is 1.12 bits per heavy atom. The number of amidine groups is 2. The Morgan fingerprint density at radius 2 is 1.94 bits per heavy atom. The molecule has 1 atom stereocenters. The minimum absolute atomic E-state index is 0.0188. The second-order valence-corrected chi connectivity index (χ2v) is 9.33. The molecule has 1 saturated carbocycles. The van der Waals surface area contributed by atoms with Gasteiger partial charge in [-0.15, -0.1) is 0 Å². The van der Waals surface area contributed by atoms with Gasteiger partial charge in [-0.05, 0) is 50.4 Å². The van der Waals surface area contributed by atoms with Crippen molar-refractivity contribution in [1.82, 2.24) is 25.9 Å². The molecular weight excluding hydrogens is 440 g/mol. The number of H-pyrrole nitrogens is 1. The summed E-state index contributed by atoms with van der Waals surface area (Å²) < 4.78 is 27.9. The number of aromatic nitrogens is 2. The van der Waals surface area contributed by atoms with Crippen molar-refractivity contribution in [3.8, 4) is 0 Å². The number of fused-ring (bicyclic) bond motifs is 1. The van der Waals surface area contributed by atoms with Crippen LogP contribution >= 0.6 is 0 Å².